The molecule has 0 nitrogen and oxygen atoms in total. The molecule has 0 heterocycles. The maximum atomic E-state index is 2.38. The molecule has 0 bridgehead atoms. The minimum absolute atomic E-state index is 0.141. The van der Waals surface area contributed by atoms with Crippen LogP contribution in [0.4, 0.5) is 0 Å². The Labute approximate surface area is 103 Å². The topological polar surface area (TPSA) is 0 Å². The quantitative estimate of drug-likeness (QED) is 0.667. The Morgan fingerprint density at radius 2 is 1.41 bits per heavy atom. The van der Waals surface area contributed by atoms with Crippen molar-refractivity contribution < 1.29 is 0 Å². The first-order valence-corrected chi connectivity index (χ1v) is 6.07. The molecule has 0 aliphatic heterocycles. The van der Waals surface area contributed by atoms with E-state index in [1.807, 2.05) is 0 Å². The van der Waals surface area contributed by atoms with E-state index in [1.165, 1.54) is 22.3 Å². The lowest BCUT2D eigenvalue weighted by Gasteiger charge is -2.16. The Morgan fingerprint density at radius 1 is 0.765 bits per heavy atom. The highest BCUT2D eigenvalue weighted by Crippen LogP contribution is 2.42. The van der Waals surface area contributed by atoms with Gasteiger partial charge in [-0.05, 0) is 22.3 Å². The molecule has 1 aliphatic rings. The van der Waals surface area contributed by atoms with E-state index in [0.29, 0.717) is 0 Å². The molecule has 0 atom stereocenters. The fourth-order valence-corrected chi connectivity index (χ4v) is 2.65. The van der Waals surface area contributed by atoms with Crippen molar-refractivity contribution >= 4 is 5.57 Å². The number of hydrogen-bond acceptors (Lipinski definition) is 0. The second-order valence-electron chi connectivity index (χ2n) is 5.19. The molecule has 17 heavy (non-hydrogen) atoms. The molecule has 0 saturated heterocycles. The number of rotatable bonds is 1. The zero-order valence-corrected chi connectivity index (χ0v) is 10.3. The number of benzene rings is 2. The summed E-state index contributed by atoms with van der Waals surface area (Å²) in [5, 5.41) is 0. The normalized spacial score (nSPS) is 16.5. The van der Waals surface area contributed by atoms with Crippen LogP contribution >= 0.6 is 0 Å². The lowest BCUT2D eigenvalue weighted by atomic mass is 9.87. The van der Waals surface area contributed by atoms with E-state index in [9.17, 15) is 0 Å². The highest BCUT2D eigenvalue weighted by Gasteiger charge is 2.29. The van der Waals surface area contributed by atoms with Crippen LogP contribution in [0.5, 0.6) is 0 Å². The van der Waals surface area contributed by atoms with Gasteiger partial charge in [-0.3, -0.25) is 0 Å². The van der Waals surface area contributed by atoms with Crippen molar-refractivity contribution in [2.24, 2.45) is 0 Å². The summed E-state index contributed by atoms with van der Waals surface area (Å²) in [5.74, 6) is 0. The van der Waals surface area contributed by atoms with Gasteiger partial charge in [0.05, 0.1) is 0 Å². The smallest absolute Gasteiger partial charge is 0.00908 e. The van der Waals surface area contributed by atoms with Crippen LogP contribution in [0.2, 0.25) is 0 Å². The Hall–Kier alpha value is -1.82. The summed E-state index contributed by atoms with van der Waals surface area (Å²) in [5.41, 5.74) is 5.63. The zero-order chi connectivity index (χ0) is 11.9. The van der Waals surface area contributed by atoms with E-state index in [0.717, 1.165) is 0 Å². The van der Waals surface area contributed by atoms with Crippen molar-refractivity contribution in [1.82, 2.24) is 0 Å². The Kier molecular flexibility index (Phi) is 2.19. The average Bonchev–Trinajstić information content (AvgIpc) is 2.64. The van der Waals surface area contributed by atoms with Crippen molar-refractivity contribution in [2.45, 2.75) is 19.3 Å². The van der Waals surface area contributed by atoms with Gasteiger partial charge in [-0.1, -0.05) is 74.5 Å². The van der Waals surface area contributed by atoms with Gasteiger partial charge < -0.3 is 0 Å². The minimum Gasteiger partial charge on any atom is -0.0660 e. The number of fused-ring (bicyclic) bond motifs is 1. The zero-order valence-electron chi connectivity index (χ0n) is 10.3. The van der Waals surface area contributed by atoms with Gasteiger partial charge in [0.1, 0.15) is 0 Å². The molecule has 0 spiro atoms. The predicted octanol–water partition coefficient (Wildman–Crippen LogP) is 4.41. The number of allylic oxidation sites excluding steroid dienone is 1. The molecule has 0 saturated carbocycles. The highest BCUT2D eigenvalue weighted by atomic mass is 14.3. The lowest BCUT2D eigenvalue weighted by Crippen LogP contribution is -2.10. The van der Waals surface area contributed by atoms with Crippen LogP contribution in [0, 0.1) is 0 Å². The van der Waals surface area contributed by atoms with Crippen LogP contribution in [0.1, 0.15) is 30.5 Å². The first-order valence-electron chi connectivity index (χ1n) is 6.07. The highest BCUT2D eigenvalue weighted by molar-refractivity contribution is 5.86. The third kappa shape index (κ3) is 1.61. The van der Waals surface area contributed by atoms with E-state index in [4.69, 9.17) is 0 Å². The second-order valence-corrected chi connectivity index (χ2v) is 5.19. The second kappa shape index (κ2) is 3.59. The van der Waals surface area contributed by atoms with Crippen LogP contribution in [-0.4, -0.2) is 0 Å². The van der Waals surface area contributed by atoms with Gasteiger partial charge in [0, 0.05) is 5.41 Å². The Balaban J connectivity index is 2.21. The van der Waals surface area contributed by atoms with Crippen molar-refractivity contribution in [3.05, 3.63) is 77.4 Å². The molecule has 0 heteroatoms. The van der Waals surface area contributed by atoms with Gasteiger partial charge >= 0.3 is 0 Å². The SMILES string of the molecule is CC1(C)C=C(c2ccccc2)c2ccccc21. The van der Waals surface area contributed by atoms with Crippen LogP contribution < -0.4 is 0 Å². The van der Waals surface area contributed by atoms with Gasteiger partial charge in [0.15, 0.2) is 0 Å². The number of hydrogen-bond donors (Lipinski definition) is 0. The minimum atomic E-state index is 0.141. The predicted molar refractivity (Wildman–Crippen MR) is 73.0 cm³/mol. The van der Waals surface area contributed by atoms with E-state index in [1.54, 1.807) is 0 Å². The molecule has 2 aromatic carbocycles. The lowest BCUT2D eigenvalue weighted by molar-refractivity contribution is 0.683. The van der Waals surface area contributed by atoms with E-state index >= 15 is 0 Å². The van der Waals surface area contributed by atoms with Gasteiger partial charge in [-0.25, -0.2) is 0 Å². The molecule has 3 rings (SSSR count). The molecule has 0 unspecified atom stereocenters. The third-order valence-corrected chi connectivity index (χ3v) is 3.50. The third-order valence-electron chi connectivity index (χ3n) is 3.50. The summed E-state index contributed by atoms with van der Waals surface area (Å²) in [6.07, 6.45) is 2.38. The monoisotopic (exact) mass is 220 g/mol. The molecular weight excluding hydrogens is 204 g/mol. The van der Waals surface area contributed by atoms with E-state index in [-0.39, 0.29) is 5.41 Å². The van der Waals surface area contributed by atoms with Crippen LogP contribution in [-0.2, 0) is 5.41 Å². The first-order chi connectivity index (χ1) is 8.18. The largest absolute Gasteiger partial charge is 0.0660 e. The molecule has 1 aliphatic carbocycles. The Morgan fingerprint density at radius 3 is 2.18 bits per heavy atom. The van der Waals surface area contributed by atoms with Crippen molar-refractivity contribution in [1.29, 1.82) is 0 Å². The summed E-state index contributed by atoms with van der Waals surface area (Å²) in [7, 11) is 0. The van der Waals surface area contributed by atoms with E-state index in [2.05, 4.69) is 74.5 Å². The van der Waals surface area contributed by atoms with Crippen LogP contribution in [0.25, 0.3) is 5.57 Å². The fourth-order valence-electron chi connectivity index (χ4n) is 2.65. The maximum absolute atomic E-state index is 2.38. The molecule has 0 amide bonds. The summed E-state index contributed by atoms with van der Waals surface area (Å²) in [6.45, 7) is 4.56. The van der Waals surface area contributed by atoms with Crippen LogP contribution in [0.3, 0.4) is 0 Å². The molecular formula is C17H16. The first kappa shape index (κ1) is 10.3. The van der Waals surface area contributed by atoms with E-state index < -0.39 is 0 Å². The van der Waals surface area contributed by atoms with Crippen molar-refractivity contribution in [3.8, 4) is 0 Å². The summed E-state index contributed by atoms with van der Waals surface area (Å²) in [4.78, 5) is 0. The van der Waals surface area contributed by atoms with Gasteiger partial charge in [0.2, 0.25) is 0 Å². The molecule has 0 aromatic heterocycles. The molecule has 0 N–H and O–H groups in total. The molecule has 84 valence electrons. The fraction of sp³-hybridized carbons (Fsp3) is 0.176. The maximum Gasteiger partial charge on any atom is 0.00908 e. The molecule has 0 radical (unpaired) electrons. The Bertz CT molecular complexity index is 574. The van der Waals surface area contributed by atoms with Gasteiger partial charge in [0.25, 0.3) is 0 Å². The van der Waals surface area contributed by atoms with Gasteiger partial charge in [-0.2, -0.15) is 0 Å². The molecule has 0 fully saturated rings. The molecule has 2 aromatic rings. The van der Waals surface area contributed by atoms with Crippen molar-refractivity contribution in [2.75, 3.05) is 0 Å². The summed E-state index contributed by atoms with van der Waals surface area (Å²) < 4.78 is 0. The summed E-state index contributed by atoms with van der Waals surface area (Å²) >= 11 is 0. The van der Waals surface area contributed by atoms with Gasteiger partial charge in [-0.15, -0.1) is 0 Å². The summed E-state index contributed by atoms with van der Waals surface area (Å²) in [6, 6.07) is 19.3. The standard InChI is InChI=1S/C17H16/c1-17(2)12-15(13-8-4-3-5-9-13)14-10-6-7-11-16(14)17/h3-12H,1-2H3. The average molecular weight is 220 g/mol. The van der Waals surface area contributed by atoms with Crippen molar-refractivity contribution in [3.63, 3.8) is 0 Å². The van der Waals surface area contributed by atoms with Crippen LogP contribution in [0.15, 0.2) is 60.7 Å².